The molecule has 2 heterocycles. The van der Waals surface area contributed by atoms with Gasteiger partial charge in [0.05, 0.1) is 25.9 Å². The molecule has 0 radical (unpaired) electrons. The molecule has 1 aliphatic heterocycles. The second-order valence-electron chi connectivity index (χ2n) is 7.67. The Morgan fingerprint density at radius 3 is 2.89 bits per heavy atom. The van der Waals surface area contributed by atoms with E-state index in [9.17, 15) is 0 Å². The molecule has 0 saturated heterocycles. The monoisotopic (exact) mass is 399 g/mol. The summed E-state index contributed by atoms with van der Waals surface area (Å²) in [4.78, 5) is 4.83. The Balaban J connectivity index is 1.55. The van der Waals surface area contributed by atoms with Crippen LogP contribution in [0.4, 0.5) is 5.69 Å². The van der Waals surface area contributed by atoms with Gasteiger partial charge in [-0.15, -0.1) is 11.3 Å². The van der Waals surface area contributed by atoms with Crippen LogP contribution in [-0.4, -0.2) is 18.1 Å². The number of thiazole rings is 1. The summed E-state index contributed by atoms with van der Waals surface area (Å²) in [7, 11) is 0. The lowest BCUT2D eigenvalue weighted by atomic mass is 10.0. The molecule has 142 valence electrons. The van der Waals surface area contributed by atoms with Crippen LogP contribution in [0.5, 0.6) is 0 Å². The Bertz CT molecular complexity index is 948. The zero-order valence-electron chi connectivity index (χ0n) is 15.9. The molecule has 3 nitrogen and oxygen atoms in total. The summed E-state index contributed by atoms with van der Waals surface area (Å²) in [6.07, 6.45) is 3.12. The fourth-order valence-corrected chi connectivity index (χ4v) is 5.10. The van der Waals surface area contributed by atoms with Crippen molar-refractivity contribution in [3.63, 3.8) is 0 Å². The van der Waals surface area contributed by atoms with E-state index in [-0.39, 0.29) is 0 Å². The number of hydrogen-bond acceptors (Lipinski definition) is 4. The van der Waals surface area contributed by atoms with Gasteiger partial charge in [0, 0.05) is 13.0 Å². The molecule has 0 atom stereocenters. The Morgan fingerprint density at radius 1 is 1.19 bits per heavy atom. The van der Waals surface area contributed by atoms with Crippen molar-refractivity contribution in [3.8, 4) is 0 Å². The molecule has 0 saturated carbocycles. The van der Waals surface area contributed by atoms with Gasteiger partial charge in [0.1, 0.15) is 0 Å². The SMILES string of the molecule is CC(C)Cc1nc2cc(CNc3c(Cl)ccc4c3CCNCC4)ccc2s1. The summed E-state index contributed by atoms with van der Waals surface area (Å²) >= 11 is 8.35. The minimum absolute atomic E-state index is 0.636. The molecule has 0 fully saturated rings. The largest absolute Gasteiger partial charge is 0.380 e. The van der Waals surface area contributed by atoms with Crippen molar-refractivity contribution in [2.24, 2.45) is 5.92 Å². The van der Waals surface area contributed by atoms with Gasteiger partial charge < -0.3 is 10.6 Å². The summed E-state index contributed by atoms with van der Waals surface area (Å²) < 4.78 is 1.27. The summed E-state index contributed by atoms with van der Waals surface area (Å²) in [5, 5.41) is 9.12. The standard InChI is InChI=1S/C22H26ClN3S/c1-14(2)11-21-26-19-12-15(3-6-20(19)27-21)13-25-22-17-8-10-24-9-7-16(17)4-5-18(22)23/h3-6,12,14,24-25H,7-11,13H2,1-2H3. The third-order valence-corrected chi connectivity index (χ3v) is 6.40. The minimum atomic E-state index is 0.636. The summed E-state index contributed by atoms with van der Waals surface area (Å²) in [5.74, 6) is 0.636. The van der Waals surface area contributed by atoms with Crippen molar-refractivity contribution in [2.75, 3.05) is 18.4 Å². The third-order valence-electron chi connectivity index (χ3n) is 5.03. The molecule has 4 rings (SSSR count). The maximum Gasteiger partial charge on any atom is 0.0941 e. The van der Waals surface area contributed by atoms with E-state index in [2.05, 4.69) is 48.7 Å². The van der Waals surface area contributed by atoms with Crippen LogP contribution in [0.25, 0.3) is 10.2 Å². The first-order valence-corrected chi connectivity index (χ1v) is 10.9. The van der Waals surface area contributed by atoms with Gasteiger partial charge in [-0.05, 0) is 66.7 Å². The number of aromatic nitrogens is 1. The maximum atomic E-state index is 6.53. The van der Waals surface area contributed by atoms with Crippen LogP contribution in [-0.2, 0) is 25.8 Å². The van der Waals surface area contributed by atoms with Crippen molar-refractivity contribution in [2.45, 2.75) is 39.7 Å². The third kappa shape index (κ3) is 4.29. The number of halogens is 1. The quantitative estimate of drug-likeness (QED) is 0.599. The van der Waals surface area contributed by atoms with Crippen molar-refractivity contribution in [3.05, 3.63) is 57.1 Å². The van der Waals surface area contributed by atoms with E-state index in [0.29, 0.717) is 5.92 Å². The van der Waals surface area contributed by atoms with Crippen LogP contribution >= 0.6 is 22.9 Å². The number of fused-ring (bicyclic) bond motifs is 2. The molecule has 1 aliphatic rings. The van der Waals surface area contributed by atoms with Crippen molar-refractivity contribution in [1.29, 1.82) is 0 Å². The van der Waals surface area contributed by atoms with E-state index in [1.807, 2.05) is 17.4 Å². The molecule has 0 aliphatic carbocycles. The molecule has 3 aromatic rings. The van der Waals surface area contributed by atoms with Crippen LogP contribution in [0.3, 0.4) is 0 Å². The first-order valence-electron chi connectivity index (χ1n) is 9.73. The first-order chi connectivity index (χ1) is 13.1. The zero-order chi connectivity index (χ0) is 18.8. The molecule has 2 N–H and O–H groups in total. The van der Waals surface area contributed by atoms with Gasteiger partial charge in [-0.1, -0.05) is 37.6 Å². The normalized spacial score (nSPS) is 14.4. The van der Waals surface area contributed by atoms with Crippen LogP contribution in [0, 0.1) is 5.92 Å². The Labute approximate surface area is 170 Å². The molecule has 0 amide bonds. The lowest BCUT2D eigenvalue weighted by Crippen LogP contribution is -2.16. The van der Waals surface area contributed by atoms with Gasteiger partial charge in [0.25, 0.3) is 0 Å². The van der Waals surface area contributed by atoms with Crippen molar-refractivity contribution >= 4 is 38.8 Å². The number of rotatable bonds is 5. The van der Waals surface area contributed by atoms with E-state index in [4.69, 9.17) is 16.6 Å². The van der Waals surface area contributed by atoms with Crippen LogP contribution in [0.1, 0.15) is 35.5 Å². The Kier molecular flexibility index (Phi) is 5.67. The molecule has 27 heavy (non-hydrogen) atoms. The minimum Gasteiger partial charge on any atom is -0.380 e. The van der Waals surface area contributed by atoms with E-state index in [0.717, 1.165) is 55.1 Å². The summed E-state index contributed by atoms with van der Waals surface area (Å²) in [6.45, 7) is 7.28. The molecule has 0 unspecified atom stereocenters. The zero-order valence-corrected chi connectivity index (χ0v) is 17.5. The summed E-state index contributed by atoms with van der Waals surface area (Å²) in [5.41, 5.74) is 6.21. The predicted octanol–water partition coefficient (Wildman–Crippen LogP) is 5.45. The number of hydrogen-bond donors (Lipinski definition) is 2. The Hall–Kier alpha value is -1.62. The number of benzene rings is 2. The molecular weight excluding hydrogens is 374 g/mol. The van der Waals surface area contributed by atoms with E-state index < -0.39 is 0 Å². The van der Waals surface area contributed by atoms with Crippen molar-refractivity contribution < 1.29 is 0 Å². The smallest absolute Gasteiger partial charge is 0.0941 e. The van der Waals surface area contributed by atoms with Crippen LogP contribution in [0.2, 0.25) is 5.02 Å². The highest BCUT2D eigenvalue weighted by molar-refractivity contribution is 7.18. The predicted molar refractivity (Wildman–Crippen MR) is 117 cm³/mol. The van der Waals surface area contributed by atoms with E-state index in [1.54, 1.807) is 0 Å². The lowest BCUT2D eigenvalue weighted by Gasteiger charge is -2.16. The van der Waals surface area contributed by atoms with E-state index in [1.165, 1.54) is 26.4 Å². The van der Waals surface area contributed by atoms with Gasteiger partial charge in [0.2, 0.25) is 0 Å². The maximum absolute atomic E-state index is 6.53. The molecule has 5 heteroatoms. The van der Waals surface area contributed by atoms with Crippen LogP contribution in [0.15, 0.2) is 30.3 Å². The highest BCUT2D eigenvalue weighted by Gasteiger charge is 2.15. The van der Waals surface area contributed by atoms with Crippen molar-refractivity contribution in [1.82, 2.24) is 10.3 Å². The molecule has 1 aromatic heterocycles. The van der Waals surface area contributed by atoms with Gasteiger partial charge >= 0.3 is 0 Å². The van der Waals surface area contributed by atoms with Gasteiger partial charge in [-0.2, -0.15) is 0 Å². The van der Waals surface area contributed by atoms with Gasteiger partial charge in [-0.25, -0.2) is 4.98 Å². The second kappa shape index (κ2) is 8.17. The fraction of sp³-hybridized carbons (Fsp3) is 0.409. The topological polar surface area (TPSA) is 37.0 Å². The highest BCUT2D eigenvalue weighted by Crippen LogP contribution is 2.31. The van der Waals surface area contributed by atoms with Gasteiger partial charge in [0.15, 0.2) is 0 Å². The first kappa shape index (κ1) is 18.7. The number of nitrogens with one attached hydrogen (secondary N) is 2. The molecule has 2 aromatic carbocycles. The van der Waals surface area contributed by atoms with E-state index >= 15 is 0 Å². The summed E-state index contributed by atoms with van der Waals surface area (Å²) in [6, 6.07) is 10.8. The highest BCUT2D eigenvalue weighted by atomic mass is 35.5. The molecular formula is C22H26ClN3S. The van der Waals surface area contributed by atoms with Gasteiger partial charge in [-0.3, -0.25) is 0 Å². The molecule has 0 spiro atoms. The average Bonchev–Trinajstić information content (AvgIpc) is 2.86. The second-order valence-corrected chi connectivity index (χ2v) is 9.19. The lowest BCUT2D eigenvalue weighted by molar-refractivity contribution is 0.645. The fourth-order valence-electron chi connectivity index (χ4n) is 3.69. The van der Waals surface area contributed by atoms with Crippen LogP contribution < -0.4 is 10.6 Å². The number of anilines is 1. The number of nitrogens with zero attached hydrogens (tertiary/aromatic N) is 1. The Morgan fingerprint density at radius 2 is 2.04 bits per heavy atom. The average molecular weight is 400 g/mol. The molecule has 0 bridgehead atoms.